The molecule has 0 bridgehead atoms. The highest BCUT2D eigenvalue weighted by Crippen LogP contribution is 2.18. The molecule has 16 heavy (non-hydrogen) atoms. The first-order valence-electron chi connectivity index (χ1n) is 4.99. The van der Waals surface area contributed by atoms with E-state index in [0.717, 1.165) is 4.90 Å². The van der Waals surface area contributed by atoms with E-state index < -0.39 is 16.9 Å². The maximum atomic E-state index is 12.1. The predicted octanol–water partition coefficient (Wildman–Crippen LogP) is 2.62. The second-order valence-electron chi connectivity index (χ2n) is 3.69. The Morgan fingerprint density at radius 3 is 2.44 bits per heavy atom. The van der Waals surface area contributed by atoms with Gasteiger partial charge in [0.05, 0.1) is 16.0 Å². The summed E-state index contributed by atoms with van der Waals surface area (Å²) >= 11 is 0. The Bertz CT molecular complexity index is 375. The molecule has 88 valence electrons. The van der Waals surface area contributed by atoms with Crippen molar-refractivity contribution in [1.29, 1.82) is 0 Å². The normalized spacial score (nSPS) is 16.4. The first kappa shape index (κ1) is 13.1. The summed E-state index contributed by atoms with van der Waals surface area (Å²) in [5.74, 6) is 0. The zero-order valence-electron chi connectivity index (χ0n) is 9.42. The molecule has 0 saturated carbocycles. The molecular formula is C12H16O3S. The molecule has 0 radical (unpaired) electrons. The minimum absolute atomic E-state index is 0.343. The molecule has 0 fully saturated rings. The first-order valence-corrected chi connectivity index (χ1v) is 6.20. The van der Waals surface area contributed by atoms with Gasteiger partial charge in [0.2, 0.25) is 0 Å². The molecule has 1 aromatic carbocycles. The maximum absolute atomic E-state index is 12.1. The van der Waals surface area contributed by atoms with Crippen LogP contribution in [-0.4, -0.2) is 20.8 Å². The molecule has 1 unspecified atom stereocenters. The topological polar surface area (TPSA) is 46.5 Å². The van der Waals surface area contributed by atoms with Crippen molar-refractivity contribution in [3.63, 3.8) is 0 Å². The molecule has 0 amide bonds. The molecule has 3 atom stereocenters. The van der Waals surface area contributed by atoms with Gasteiger partial charge in [-0.25, -0.2) is 4.89 Å². The molecule has 4 heteroatoms. The predicted molar refractivity (Wildman–Crippen MR) is 64.6 cm³/mol. The van der Waals surface area contributed by atoms with Crippen molar-refractivity contribution in [3.05, 3.63) is 42.5 Å². The summed E-state index contributed by atoms with van der Waals surface area (Å²) in [7, 11) is -1.22. The quantitative estimate of drug-likeness (QED) is 0.489. The highest BCUT2D eigenvalue weighted by atomic mass is 32.2. The van der Waals surface area contributed by atoms with E-state index in [0.29, 0.717) is 5.57 Å². The number of hydrogen-bond acceptors (Lipinski definition) is 3. The van der Waals surface area contributed by atoms with Crippen LogP contribution in [0.4, 0.5) is 0 Å². The summed E-state index contributed by atoms with van der Waals surface area (Å²) in [6, 6.07) is 9.11. The van der Waals surface area contributed by atoms with Gasteiger partial charge in [-0.05, 0) is 31.6 Å². The van der Waals surface area contributed by atoms with E-state index in [1.165, 1.54) is 0 Å². The van der Waals surface area contributed by atoms with Crippen LogP contribution < -0.4 is 0 Å². The van der Waals surface area contributed by atoms with E-state index in [1.54, 1.807) is 26.0 Å². The van der Waals surface area contributed by atoms with Gasteiger partial charge in [-0.2, -0.15) is 0 Å². The minimum atomic E-state index is -1.22. The first-order chi connectivity index (χ1) is 7.57. The van der Waals surface area contributed by atoms with E-state index in [2.05, 4.69) is 11.5 Å². The summed E-state index contributed by atoms with van der Waals surface area (Å²) in [5.41, 5.74) is 0.652. The van der Waals surface area contributed by atoms with Crippen LogP contribution in [0.1, 0.15) is 13.8 Å². The minimum Gasteiger partial charge on any atom is -0.254 e. The molecule has 0 aliphatic heterocycles. The summed E-state index contributed by atoms with van der Waals surface area (Å²) in [5, 5.41) is 8.42. The molecule has 0 spiro atoms. The van der Waals surface area contributed by atoms with Crippen molar-refractivity contribution in [3.8, 4) is 0 Å². The molecular weight excluding hydrogens is 224 g/mol. The molecule has 0 aliphatic carbocycles. The van der Waals surface area contributed by atoms with Crippen LogP contribution in [0.3, 0.4) is 0 Å². The van der Waals surface area contributed by atoms with Crippen molar-refractivity contribution in [2.75, 3.05) is 0 Å². The van der Waals surface area contributed by atoms with Crippen LogP contribution in [0.2, 0.25) is 0 Å². The van der Waals surface area contributed by atoms with Crippen molar-refractivity contribution in [1.82, 2.24) is 0 Å². The van der Waals surface area contributed by atoms with Crippen molar-refractivity contribution in [2.45, 2.75) is 30.1 Å². The SMILES string of the molecule is C=C(C)[C@@H](OO)[C@H](C)S(=O)c1ccccc1. The van der Waals surface area contributed by atoms with Gasteiger partial charge in [-0.3, -0.25) is 9.47 Å². The van der Waals surface area contributed by atoms with Crippen LogP contribution in [0.25, 0.3) is 0 Å². The lowest BCUT2D eigenvalue weighted by molar-refractivity contribution is -0.267. The summed E-state index contributed by atoms with van der Waals surface area (Å²) in [4.78, 5) is 5.04. The molecule has 0 aromatic heterocycles. The van der Waals surface area contributed by atoms with Crippen LogP contribution in [0.5, 0.6) is 0 Å². The fraction of sp³-hybridized carbons (Fsp3) is 0.333. The van der Waals surface area contributed by atoms with E-state index in [4.69, 9.17) is 5.26 Å². The van der Waals surface area contributed by atoms with Gasteiger partial charge in [0, 0.05) is 4.90 Å². The number of benzene rings is 1. The molecule has 0 heterocycles. The lowest BCUT2D eigenvalue weighted by Crippen LogP contribution is -2.30. The van der Waals surface area contributed by atoms with Gasteiger partial charge in [-0.15, -0.1) is 0 Å². The Morgan fingerprint density at radius 2 is 2.00 bits per heavy atom. The number of hydrogen-bond donors (Lipinski definition) is 1. The third-order valence-corrected chi connectivity index (χ3v) is 4.00. The van der Waals surface area contributed by atoms with Crippen molar-refractivity contribution >= 4 is 10.8 Å². The highest BCUT2D eigenvalue weighted by molar-refractivity contribution is 7.85. The smallest absolute Gasteiger partial charge is 0.128 e. The average molecular weight is 240 g/mol. The largest absolute Gasteiger partial charge is 0.254 e. The number of rotatable bonds is 5. The third-order valence-electron chi connectivity index (χ3n) is 2.34. The van der Waals surface area contributed by atoms with E-state index in [9.17, 15) is 4.21 Å². The Labute approximate surface area is 98.1 Å². The van der Waals surface area contributed by atoms with Gasteiger partial charge in [0.25, 0.3) is 0 Å². The van der Waals surface area contributed by atoms with Gasteiger partial charge >= 0.3 is 0 Å². The standard InChI is InChI=1S/C12H16O3S/c1-9(2)12(15-13)10(3)16(14)11-7-5-4-6-8-11/h4-8,10,12-13H,1H2,2-3H3/t10-,12+,16?/m0/s1. The molecule has 3 nitrogen and oxygen atoms in total. The Kier molecular flexibility index (Phi) is 4.86. The van der Waals surface area contributed by atoms with Crippen LogP contribution >= 0.6 is 0 Å². The van der Waals surface area contributed by atoms with E-state index in [1.807, 2.05) is 18.2 Å². The zero-order valence-corrected chi connectivity index (χ0v) is 10.2. The molecule has 1 N–H and O–H groups in total. The van der Waals surface area contributed by atoms with E-state index in [-0.39, 0.29) is 5.25 Å². The molecule has 0 saturated heterocycles. The second-order valence-corrected chi connectivity index (χ2v) is 5.50. The lowest BCUT2D eigenvalue weighted by Gasteiger charge is -2.20. The average Bonchev–Trinajstić information content (AvgIpc) is 2.29. The summed E-state index contributed by atoms with van der Waals surface area (Å²) in [6.45, 7) is 7.20. The Hall–Kier alpha value is -0.970. The summed E-state index contributed by atoms with van der Waals surface area (Å²) < 4.78 is 12.1. The maximum Gasteiger partial charge on any atom is 0.128 e. The lowest BCUT2D eigenvalue weighted by atomic mass is 10.1. The third kappa shape index (κ3) is 3.01. The fourth-order valence-corrected chi connectivity index (χ4v) is 2.82. The van der Waals surface area contributed by atoms with Gasteiger partial charge in [0.1, 0.15) is 6.10 Å². The van der Waals surface area contributed by atoms with Crippen LogP contribution in [0.15, 0.2) is 47.4 Å². The van der Waals surface area contributed by atoms with Gasteiger partial charge < -0.3 is 0 Å². The van der Waals surface area contributed by atoms with Gasteiger partial charge in [-0.1, -0.05) is 24.8 Å². The Balaban J connectivity index is 2.86. The molecule has 0 aliphatic rings. The van der Waals surface area contributed by atoms with Crippen LogP contribution in [0, 0.1) is 0 Å². The molecule has 1 rings (SSSR count). The Morgan fingerprint density at radius 1 is 1.44 bits per heavy atom. The van der Waals surface area contributed by atoms with Crippen LogP contribution in [-0.2, 0) is 15.7 Å². The molecule has 1 aromatic rings. The fourth-order valence-electron chi connectivity index (χ4n) is 1.46. The highest BCUT2D eigenvalue weighted by Gasteiger charge is 2.25. The monoisotopic (exact) mass is 240 g/mol. The zero-order chi connectivity index (χ0) is 12.1. The van der Waals surface area contributed by atoms with Crippen molar-refractivity contribution < 1.29 is 14.4 Å². The van der Waals surface area contributed by atoms with Crippen molar-refractivity contribution in [2.24, 2.45) is 0 Å². The second kappa shape index (κ2) is 5.94. The summed E-state index contributed by atoms with van der Waals surface area (Å²) in [6.07, 6.45) is -0.610. The van der Waals surface area contributed by atoms with E-state index >= 15 is 0 Å². The van der Waals surface area contributed by atoms with Gasteiger partial charge in [0.15, 0.2) is 0 Å².